The maximum absolute atomic E-state index is 4.75. The molecule has 0 aromatic carbocycles. The number of likely N-dealkylation sites (N-methyl/N-ethyl adjacent to an activating group) is 1. The molecule has 0 radical (unpaired) electrons. The van der Waals surface area contributed by atoms with Gasteiger partial charge in [-0.05, 0) is 39.2 Å². The zero-order valence-electron chi connectivity index (χ0n) is 12.8. The topological polar surface area (TPSA) is 31.4 Å². The molecule has 1 N–H and O–H groups in total. The Labute approximate surface area is 117 Å². The molecule has 0 spiro atoms. The van der Waals surface area contributed by atoms with E-state index in [4.69, 9.17) is 4.98 Å². The van der Waals surface area contributed by atoms with E-state index in [1.807, 2.05) is 0 Å². The molecule has 1 aromatic heterocycles. The summed E-state index contributed by atoms with van der Waals surface area (Å²) in [5, 5.41) is 3.32. The van der Waals surface area contributed by atoms with E-state index >= 15 is 0 Å². The maximum atomic E-state index is 4.75. The van der Waals surface area contributed by atoms with Gasteiger partial charge in [-0.3, -0.25) is 0 Å². The van der Waals surface area contributed by atoms with Gasteiger partial charge in [0.1, 0.15) is 5.82 Å². The highest BCUT2D eigenvalue weighted by Gasteiger charge is 2.08. The SMILES string of the molecule is CCCN(CCN(C)C)c1cccc(CNCC)n1. The van der Waals surface area contributed by atoms with Gasteiger partial charge in [0.05, 0.1) is 5.69 Å². The van der Waals surface area contributed by atoms with Gasteiger partial charge in [0.15, 0.2) is 0 Å². The van der Waals surface area contributed by atoms with Crippen molar-refractivity contribution < 1.29 is 0 Å². The lowest BCUT2D eigenvalue weighted by Gasteiger charge is -2.25. The molecule has 1 aromatic rings. The van der Waals surface area contributed by atoms with E-state index in [2.05, 4.69) is 61.3 Å². The van der Waals surface area contributed by atoms with Crippen molar-refractivity contribution in [2.75, 3.05) is 45.2 Å². The quantitative estimate of drug-likeness (QED) is 0.739. The molecule has 0 aliphatic heterocycles. The van der Waals surface area contributed by atoms with Gasteiger partial charge in [-0.2, -0.15) is 0 Å². The van der Waals surface area contributed by atoms with Crippen molar-refractivity contribution >= 4 is 5.82 Å². The Hall–Kier alpha value is -1.13. The monoisotopic (exact) mass is 264 g/mol. The molecule has 0 atom stereocenters. The molecule has 19 heavy (non-hydrogen) atoms. The summed E-state index contributed by atoms with van der Waals surface area (Å²) in [7, 11) is 4.22. The lowest BCUT2D eigenvalue weighted by Crippen LogP contribution is -2.33. The zero-order valence-corrected chi connectivity index (χ0v) is 12.8. The Balaban J connectivity index is 2.71. The number of hydrogen-bond donors (Lipinski definition) is 1. The summed E-state index contributed by atoms with van der Waals surface area (Å²) in [4.78, 5) is 9.34. The summed E-state index contributed by atoms with van der Waals surface area (Å²) < 4.78 is 0. The molecular formula is C15H28N4. The van der Waals surface area contributed by atoms with Gasteiger partial charge in [0.2, 0.25) is 0 Å². The predicted molar refractivity (Wildman–Crippen MR) is 82.7 cm³/mol. The largest absolute Gasteiger partial charge is 0.355 e. The summed E-state index contributed by atoms with van der Waals surface area (Å²) in [6, 6.07) is 6.30. The lowest BCUT2D eigenvalue weighted by molar-refractivity contribution is 0.412. The minimum Gasteiger partial charge on any atom is -0.355 e. The summed E-state index contributed by atoms with van der Waals surface area (Å²) in [5.41, 5.74) is 1.12. The molecule has 0 saturated carbocycles. The first kappa shape index (κ1) is 15.9. The third kappa shape index (κ3) is 6.03. The lowest BCUT2D eigenvalue weighted by atomic mass is 10.3. The van der Waals surface area contributed by atoms with Crippen LogP contribution >= 0.6 is 0 Å². The number of pyridine rings is 1. The summed E-state index contributed by atoms with van der Waals surface area (Å²) in [6.45, 7) is 9.29. The van der Waals surface area contributed by atoms with Crippen LogP contribution in [0.1, 0.15) is 26.0 Å². The number of rotatable bonds is 9. The van der Waals surface area contributed by atoms with Gasteiger partial charge in [-0.1, -0.05) is 19.9 Å². The average Bonchev–Trinajstić information content (AvgIpc) is 2.41. The van der Waals surface area contributed by atoms with Gasteiger partial charge < -0.3 is 15.1 Å². The minimum atomic E-state index is 0.845. The summed E-state index contributed by atoms with van der Waals surface area (Å²) in [6.07, 6.45) is 1.15. The van der Waals surface area contributed by atoms with Gasteiger partial charge >= 0.3 is 0 Å². The second-order valence-corrected chi connectivity index (χ2v) is 5.06. The molecule has 0 bridgehead atoms. The van der Waals surface area contributed by atoms with Crippen LogP contribution in [-0.2, 0) is 6.54 Å². The highest BCUT2D eigenvalue weighted by atomic mass is 15.2. The second kappa shape index (κ2) is 8.88. The van der Waals surface area contributed by atoms with Crippen LogP contribution in [0.25, 0.3) is 0 Å². The zero-order chi connectivity index (χ0) is 14.1. The first-order chi connectivity index (χ1) is 9.17. The Bertz CT molecular complexity index is 352. The van der Waals surface area contributed by atoms with Crippen molar-refractivity contribution in [3.63, 3.8) is 0 Å². The summed E-state index contributed by atoms with van der Waals surface area (Å²) in [5.74, 6) is 1.10. The van der Waals surface area contributed by atoms with E-state index in [1.54, 1.807) is 0 Å². The van der Waals surface area contributed by atoms with E-state index in [-0.39, 0.29) is 0 Å². The van der Waals surface area contributed by atoms with Crippen molar-refractivity contribution in [1.29, 1.82) is 0 Å². The molecular weight excluding hydrogens is 236 g/mol. The Morgan fingerprint density at radius 3 is 2.53 bits per heavy atom. The molecule has 4 nitrogen and oxygen atoms in total. The van der Waals surface area contributed by atoms with Crippen LogP contribution in [0.15, 0.2) is 18.2 Å². The van der Waals surface area contributed by atoms with Crippen LogP contribution in [-0.4, -0.2) is 50.2 Å². The van der Waals surface area contributed by atoms with Crippen LogP contribution in [0.5, 0.6) is 0 Å². The minimum absolute atomic E-state index is 0.845. The second-order valence-electron chi connectivity index (χ2n) is 5.06. The van der Waals surface area contributed by atoms with E-state index < -0.39 is 0 Å². The number of aromatic nitrogens is 1. The first-order valence-corrected chi connectivity index (χ1v) is 7.23. The van der Waals surface area contributed by atoms with Crippen LogP contribution in [0, 0.1) is 0 Å². The van der Waals surface area contributed by atoms with Crippen LogP contribution in [0.2, 0.25) is 0 Å². The Morgan fingerprint density at radius 2 is 1.89 bits per heavy atom. The fourth-order valence-corrected chi connectivity index (χ4v) is 1.93. The van der Waals surface area contributed by atoms with Crippen molar-refractivity contribution in [2.24, 2.45) is 0 Å². The van der Waals surface area contributed by atoms with Gasteiger partial charge in [0.25, 0.3) is 0 Å². The molecule has 108 valence electrons. The third-order valence-corrected chi connectivity index (χ3v) is 2.98. The van der Waals surface area contributed by atoms with Crippen molar-refractivity contribution in [1.82, 2.24) is 15.2 Å². The van der Waals surface area contributed by atoms with Gasteiger partial charge in [-0.15, -0.1) is 0 Å². The van der Waals surface area contributed by atoms with Crippen LogP contribution < -0.4 is 10.2 Å². The standard InChI is InChI=1S/C15H28N4/c1-5-10-19(12-11-18(3)4)15-9-7-8-14(17-15)13-16-6-2/h7-9,16H,5-6,10-13H2,1-4H3. The third-order valence-electron chi connectivity index (χ3n) is 2.98. The van der Waals surface area contributed by atoms with Gasteiger partial charge in [-0.25, -0.2) is 4.98 Å². The smallest absolute Gasteiger partial charge is 0.128 e. The highest BCUT2D eigenvalue weighted by Crippen LogP contribution is 2.12. The number of anilines is 1. The predicted octanol–water partition coefficient (Wildman–Crippen LogP) is 1.97. The van der Waals surface area contributed by atoms with Gasteiger partial charge in [0, 0.05) is 26.2 Å². The Kier molecular flexibility index (Phi) is 7.45. The van der Waals surface area contributed by atoms with E-state index in [1.165, 1.54) is 0 Å². The molecule has 0 fully saturated rings. The van der Waals surface area contributed by atoms with E-state index in [0.717, 1.165) is 50.7 Å². The highest BCUT2D eigenvalue weighted by molar-refractivity contribution is 5.39. The van der Waals surface area contributed by atoms with E-state index in [9.17, 15) is 0 Å². The fraction of sp³-hybridized carbons (Fsp3) is 0.667. The van der Waals surface area contributed by atoms with E-state index in [0.29, 0.717) is 0 Å². The molecule has 0 amide bonds. The molecule has 0 unspecified atom stereocenters. The van der Waals surface area contributed by atoms with Crippen molar-refractivity contribution in [2.45, 2.75) is 26.8 Å². The molecule has 0 aliphatic rings. The van der Waals surface area contributed by atoms with Crippen molar-refractivity contribution in [3.05, 3.63) is 23.9 Å². The molecule has 4 heteroatoms. The molecule has 1 heterocycles. The first-order valence-electron chi connectivity index (χ1n) is 7.23. The fourth-order valence-electron chi connectivity index (χ4n) is 1.93. The summed E-state index contributed by atoms with van der Waals surface area (Å²) >= 11 is 0. The molecule has 1 rings (SSSR count). The number of hydrogen-bond acceptors (Lipinski definition) is 4. The molecule has 0 saturated heterocycles. The van der Waals surface area contributed by atoms with Crippen LogP contribution in [0.3, 0.4) is 0 Å². The molecule has 0 aliphatic carbocycles. The number of nitrogens with one attached hydrogen (secondary N) is 1. The Morgan fingerprint density at radius 1 is 1.11 bits per heavy atom. The normalized spacial score (nSPS) is 11.0. The maximum Gasteiger partial charge on any atom is 0.128 e. The van der Waals surface area contributed by atoms with Crippen LogP contribution in [0.4, 0.5) is 5.82 Å². The number of nitrogens with zero attached hydrogens (tertiary/aromatic N) is 3. The average molecular weight is 264 g/mol. The van der Waals surface area contributed by atoms with Crippen molar-refractivity contribution in [3.8, 4) is 0 Å².